The van der Waals surface area contributed by atoms with Crippen molar-refractivity contribution in [2.75, 3.05) is 5.32 Å². The number of para-hydroxylation sites is 1. The zero-order valence-electron chi connectivity index (χ0n) is 11.6. The Morgan fingerprint density at radius 1 is 1.27 bits per heavy atom. The third kappa shape index (κ3) is 2.62. The van der Waals surface area contributed by atoms with Crippen molar-refractivity contribution in [3.63, 3.8) is 0 Å². The summed E-state index contributed by atoms with van der Waals surface area (Å²) >= 11 is 0. The van der Waals surface area contributed by atoms with Crippen LogP contribution in [-0.2, 0) is 0 Å². The molecule has 0 aliphatic rings. The van der Waals surface area contributed by atoms with Crippen LogP contribution in [0.25, 0.3) is 5.69 Å². The number of aromatic nitrogens is 5. The molecule has 0 aliphatic carbocycles. The monoisotopic (exact) mass is 296 g/mol. The number of nitrogens with one attached hydrogen (secondary N) is 2. The molecule has 3 aromatic rings. The van der Waals surface area contributed by atoms with Gasteiger partial charge in [-0.25, -0.2) is 9.78 Å². The lowest BCUT2D eigenvalue weighted by molar-refractivity contribution is 0.101. The molecule has 0 unspecified atom stereocenters. The Morgan fingerprint density at radius 2 is 2.05 bits per heavy atom. The number of carbonyl (C=O) groups is 1. The first-order valence-electron chi connectivity index (χ1n) is 6.48. The number of H-pyrrole nitrogens is 1. The van der Waals surface area contributed by atoms with Gasteiger partial charge in [0.25, 0.3) is 5.91 Å². The van der Waals surface area contributed by atoms with Gasteiger partial charge in [0, 0.05) is 11.8 Å². The Balaban J connectivity index is 2.01. The van der Waals surface area contributed by atoms with E-state index in [4.69, 9.17) is 0 Å². The number of hydrogen-bond acceptors (Lipinski definition) is 5. The van der Waals surface area contributed by atoms with E-state index in [1.807, 2.05) is 30.3 Å². The molecule has 8 nitrogen and oxygen atoms in total. The van der Waals surface area contributed by atoms with Gasteiger partial charge < -0.3 is 0 Å². The Kier molecular flexibility index (Phi) is 3.48. The minimum Gasteiger partial charge on any atom is -0.289 e. The van der Waals surface area contributed by atoms with Crippen LogP contribution in [0.1, 0.15) is 16.2 Å². The van der Waals surface area contributed by atoms with E-state index in [0.717, 1.165) is 5.69 Å². The van der Waals surface area contributed by atoms with Gasteiger partial charge >= 0.3 is 0 Å². The van der Waals surface area contributed by atoms with Crippen molar-refractivity contribution in [3.8, 4) is 5.69 Å². The summed E-state index contributed by atoms with van der Waals surface area (Å²) < 4.78 is 1.54. The summed E-state index contributed by atoms with van der Waals surface area (Å²) in [6.45, 7) is 1.75. The van der Waals surface area contributed by atoms with E-state index in [9.17, 15) is 9.59 Å². The fourth-order valence-corrected chi connectivity index (χ4v) is 1.97. The van der Waals surface area contributed by atoms with E-state index in [1.165, 1.54) is 17.1 Å². The number of nitrogens with zero attached hydrogens (tertiary/aromatic N) is 4. The number of anilines is 1. The van der Waals surface area contributed by atoms with Crippen LogP contribution in [0.5, 0.6) is 0 Å². The van der Waals surface area contributed by atoms with Gasteiger partial charge in [-0.15, -0.1) is 0 Å². The third-order valence-corrected chi connectivity index (χ3v) is 2.97. The van der Waals surface area contributed by atoms with Gasteiger partial charge in [0.15, 0.2) is 5.69 Å². The van der Waals surface area contributed by atoms with Crippen molar-refractivity contribution in [1.29, 1.82) is 0 Å². The number of rotatable bonds is 3. The molecule has 8 heteroatoms. The molecule has 22 heavy (non-hydrogen) atoms. The average molecular weight is 296 g/mol. The second-order valence-corrected chi connectivity index (χ2v) is 4.53. The maximum atomic E-state index is 12.2. The quantitative estimate of drug-likeness (QED) is 0.747. The van der Waals surface area contributed by atoms with Gasteiger partial charge in [-0.3, -0.25) is 14.9 Å². The number of carbonyl (C=O) groups excluding carboxylic acids is 1. The summed E-state index contributed by atoms with van der Waals surface area (Å²) in [6, 6.07) is 10.6. The Hall–Kier alpha value is -3.29. The van der Waals surface area contributed by atoms with Crippen LogP contribution in [0.3, 0.4) is 0 Å². The van der Waals surface area contributed by atoms with Crippen LogP contribution in [0.4, 0.5) is 5.95 Å². The number of benzene rings is 1. The van der Waals surface area contributed by atoms with Crippen LogP contribution in [0.15, 0.2) is 47.5 Å². The fraction of sp³-hybridized carbons (Fsp3) is 0.0714. The third-order valence-electron chi connectivity index (χ3n) is 2.97. The van der Waals surface area contributed by atoms with E-state index in [-0.39, 0.29) is 11.6 Å². The van der Waals surface area contributed by atoms with Gasteiger partial charge in [-0.05, 0) is 19.1 Å². The van der Waals surface area contributed by atoms with Crippen molar-refractivity contribution in [1.82, 2.24) is 25.0 Å². The summed E-state index contributed by atoms with van der Waals surface area (Å²) in [4.78, 5) is 27.9. The summed E-state index contributed by atoms with van der Waals surface area (Å²) in [6.07, 6.45) is 1.25. The van der Waals surface area contributed by atoms with Crippen LogP contribution >= 0.6 is 0 Å². The Bertz CT molecular complexity index is 855. The maximum Gasteiger partial charge on any atom is 0.282 e. The minimum absolute atomic E-state index is 0.151. The van der Waals surface area contributed by atoms with E-state index < -0.39 is 11.3 Å². The van der Waals surface area contributed by atoms with E-state index in [2.05, 4.69) is 25.6 Å². The molecule has 0 spiro atoms. The predicted octanol–water partition coefficient (Wildman–Crippen LogP) is 0.911. The second kappa shape index (κ2) is 5.60. The molecule has 1 amide bonds. The van der Waals surface area contributed by atoms with Gasteiger partial charge in [0.1, 0.15) is 6.33 Å². The molecule has 0 atom stereocenters. The summed E-state index contributed by atoms with van der Waals surface area (Å²) in [7, 11) is 0. The van der Waals surface area contributed by atoms with Crippen molar-refractivity contribution < 1.29 is 4.79 Å². The Morgan fingerprint density at radius 3 is 2.73 bits per heavy atom. The molecule has 0 aliphatic heterocycles. The number of aryl methyl sites for hydroxylation is 1. The molecule has 2 heterocycles. The largest absolute Gasteiger partial charge is 0.289 e. The predicted molar refractivity (Wildman–Crippen MR) is 78.9 cm³/mol. The molecule has 1 aromatic carbocycles. The van der Waals surface area contributed by atoms with Gasteiger partial charge in [0.05, 0.1) is 5.69 Å². The topological polar surface area (TPSA) is 106 Å². The molecule has 0 saturated heterocycles. The van der Waals surface area contributed by atoms with E-state index in [1.54, 1.807) is 6.92 Å². The van der Waals surface area contributed by atoms with Gasteiger partial charge in [-0.1, -0.05) is 18.2 Å². The first-order chi connectivity index (χ1) is 10.6. The second-order valence-electron chi connectivity index (χ2n) is 4.53. The van der Waals surface area contributed by atoms with Crippen LogP contribution in [-0.4, -0.2) is 30.9 Å². The lowest BCUT2D eigenvalue weighted by Gasteiger charge is -2.10. The summed E-state index contributed by atoms with van der Waals surface area (Å²) in [5.41, 5.74) is 0.716. The van der Waals surface area contributed by atoms with Crippen molar-refractivity contribution in [3.05, 3.63) is 64.3 Å². The van der Waals surface area contributed by atoms with E-state index in [0.29, 0.717) is 5.69 Å². The van der Waals surface area contributed by atoms with Gasteiger partial charge in [-0.2, -0.15) is 15.2 Å². The zero-order chi connectivity index (χ0) is 15.5. The van der Waals surface area contributed by atoms with Gasteiger partial charge in [0.2, 0.25) is 11.4 Å². The van der Waals surface area contributed by atoms with Crippen LogP contribution in [0, 0.1) is 6.92 Å². The number of aromatic amines is 1. The van der Waals surface area contributed by atoms with E-state index >= 15 is 0 Å². The zero-order valence-corrected chi connectivity index (χ0v) is 11.6. The maximum absolute atomic E-state index is 12.2. The lowest BCUT2D eigenvalue weighted by atomic mass is 10.2. The standard InChI is InChI=1S/C14H12N6O2/c1-9-7-11(21)12(13(22)17-14-15-8-16-18-14)19-20(9)10-5-3-2-4-6-10/h2-8H,1H3,(H2,15,16,17,18,22). The number of hydrogen-bond donors (Lipinski definition) is 2. The smallest absolute Gasteiger partial charge is 0.282 e. The molecular formula is C14H12N6O2. The molecule has 0 bridgehead atoms. The molecule has 110 valence electrons. The van der Waals surface area contributed by atoms with Crippen LogP contribution in [0.2, 0.25) is 0 Å². The summed E-state index contributed by atoms with van der Waals surface area (Å²) in [5, 5.41) is 12.7. The minimum atomic E-state index is -0.647. The molecule has 0 radical (unpaired) electrons. The first-order valence-corrected chi connectivity index (χ1v) is 6.48. The normalized spacial score (nSPS) is 10.4. The molecule has 2 aromatic heterocycles. The molecule has 0 fully saturated rings. The van der Waals surface area contributed by atoms with Crippen molar-refractivity contribution in [2.45, 2.75) is 6.92 Å². The highest BCUT2D eigenvalue weighted by atomic mass is 16.2. The first kappa shape index (κ1) is 13.7. The average Bonchev–Trinajstić information content (AvgIpc) is 3.01. The SMILES string of the molecule is Cc1cc(=O)c(C(=O)Nc2ncn[nH]2)nn1-c1ccccc1. The molecule has 0 saturated carbocycles. The molecular weight excluding hydrogens is 284 g/mol. The van der Waals surface area contributed by atoms with Crippen LogP contribution < -0.4 is 10.7 Å². The van der Waals surface area contributed by atoms with Crippen molar-refractivity contribution >= 4 is 11.9 Å². The lowest BCUT2D eigenvalue weighted by Crippen LogP contribution is -2.27. The Labute approximate surface area is 124 Å². The number of amides is 1. The molecule has 3 rings (SSSR count). The molecule has 2 N–H and O–H groups in total. The highest BCUT2D eigenvalue weighted by Crippen LogP contribution is 2.08. The highest BCUT2D eigenvalue weighted by Gasteiger charge is 2.16. The highest BCUT2D eigenvalue weighted by molar-refractivity contribution is 6.01. The summed E-state index contributed by atoms with van der Waals surface area (Å²) in [5.74, 6) is -0.496. The fourth-order valence-electron chi connectivity index (χ4n) is 1.97. The van der Waals surface area contributed by atoms with Crippen molar-refractivity contribution in [2.24, 2.45) is 0 Å².